The van der Waals surface area contributed by atoms with Gasteiger partial charge in [0.2, 0.25) is 0 Å². The minimum atomic E-state index is -0.521. The van der Waals surface area contributed by atoms with Crippen molar-refractivity contribution in [1.29, 1.82) is 0 Å². The zero-order valence-electron chi connectivity index (χ0n) is 11.6. The van der Waals surface area contributed by atoms with Gasteiger partial charge >= 0.3 is 0 Å². The smallest absolute Gasteiger partial charge is 0.261 e. The summed E-state index contributed by atoms with van der Waals surface area (Å²) in [4.78, 5) is 11.9. The minimum Gasteiger partial charge on any atom is -0.481 e. The van der Waals surface area contributed by atoms with Crippen molar-refractivity contribution in [2.75, 3.05) is 6.54 Å². The standard InChI is InChI=1S/C15H22FNO2/c1-3-5-6-11-17-15(18)14(4-2)19-13-9-7-12(16)8-10-13/h7-10,14H,3-6,11H2,1-2H3,(H,17,18)/t14-/m1/s1. The largest absolute Gasteiger partial charge is 0.481 e. The first kappa shape index (κ1) is 15.5. The third-order valence-corrected chi connectivity index (χ3v) is 2.83. The van der Waals surface area contributed by atoms with Crippen LogP contribution in [0.4, 0.5) is 4.39 Å². The number of unbranched alkanes of at least 4 members (excludes halogenated alkanes) is 2. The Bertz CT molecular complexity index is 378. The van der Waals surface area contributed by atoms with E-state index >= 15 is 0 Å². The van der Waals surface area contributed by atoms with Crippen LogP contribution in [-0.4, -0.2) is 18.6 Å². The lowest BCUT2D eigenvalue weighted by Crippen LogP contribution is -2.38. The number of benzene rings is 1. The Hall–Kier alpha value is -1.58. The second-order valence-corrected chi connectivity index (χ2v) is 4.47. The number of nitrogens with one attached hydrogen (secondary N) is 1. The van der Waals surface area contributed by atoms with Crippen LogP contribution >= 0.6 is 0 Å². The quantitative estimate of drug-likeness (QED) is 0.734. The van der Waals surface area contributed by atoms with Crippen molar-refractivity contribution in [3.8, 4) is 5.75 Å². The first-order valence-electron chi connectivity index (χ1n) is 6.87. The number of carbonyl (C=O) groups is 1. The number of hydrogen-bond donors (Lipinski definition) is 1. The molecule has 3 nitrogen and oxygen atoms in total. The monoisotopic (exact) mass is 267 g/mol. The lowest BCUT2D eigenvalue weighted by atomic mass is 10.2. The van der Waals surface area contributed by atoms with Gasteiger partial charge in [-0.3, -0.25) is 4.79 Å². The van der Waals surface area contributed by atoms with E-state index in [-0.39, 0.29) is 11.7 Å². The van der Waals surface area contributed by atoms with Crippen LogP contribution in [0, 0.1) is 5.82 Å². The molecule has 0 spiro atoms. The molecule has 0 aliphatic rings. The SMILES string of the molecule is CCCCCNC(=O)[C@@H](CC)Oc1ccc(F)cc1. The number of rotatable bonds is 8. The van der Waals surface area contributed by atoms with E-state index in [1.54, 1.807) is 0 Å². The molecule has 106 valence electrons. The van der Waals surface area contributed by atoms with Crippen molar-refractivity contribution >= 4 is 5.91 Å². The summed E-state index contributed by atoms with van der Waals surface area (Å²) < 4.78 is 18.3. The van der Waals surface area contributed by atoms with Crippen molar-refractivity contribution in [2.45, 2.75) is 45.6 Å². The van der Waals surface area contributed by atoms with Crippen LogP contribution in [0.3, 0.4) is 0 Å². The highest BCUT2D eigenvalue weighted by Gasteiger charge is 2.17. The molecule has 0 fully saturated rings. The van der Waals surface area contributed by atoms with Gasteiger partial charge in [0, 0.05) is 6.54 Å². The van der Waals surface area contributed by atoms with E-state index in [1.807, 2.05) is 6.92 Å². The first-order valence-corrected chi connectivity index (χ1v) is 6.87. The number of hydrogen-bond acceptors (Lipinski definition) is 2. The lowest BCUT2D eigenvalue weighted by Gasteiger charge is -2.17. The lowest BCUT2D eigenvalue weighted by molar-refractivity contribution is -0.128. The van der Waals surface area contributed by atoms with Crippen LogP contribution in [0.5, 0.6) is 5.75 Å². The van der Waals surface area contributed by atoms with Crippen LogP contribution < -0.4 is 10.1 Å². The highest BCUT2D eigenvalue weighted by Crippen LogP contribution is 2.14. The summed E-state index contributed by atoms with van der Waals surface area (Å²) in [6, 6.07) is 5.70. The highest BCUT2D eigenvalue weighted by atomic mass is 19.1. The van der Waals surface area contributed by atoms with Gasteiger partial charge in [-0.25, -0.2) is 4.39 Å². The summed E-state index contributed by atoms with van der Waals surface area (Å²) >= 11 is 0. The molecule has 0 radical (unpaired) electrons. The molecule has 19 heavy (non-hydrogen) atoms. The van der Waals surface area contributed by atoms with Gasteiger partial charge < -0.3 is 10.1 Å². The molecule has 1 amide bonds. The fourth-order valence-corrected chi connectivity index (χ4v) is 1.70. The van der Waals surface area contributed by atoms with Crippen molar-refractivity contribution in [2.24, 2.45) is 0 Å². The van der Waals surface area contributed by atoms with E-state index in [4.69, 9.17) is 4.74 Å². The topological polar surface area (TPSA) is 38.3 Å². The van der Waals surface area contributed by atoms with E-state index in [0.717, 1.165) is 19.3 Å². The van der Waals surface area contributed by atoms with E-state index in [0.29, 0.717) is 18.7 Å². The summed E-state index contributed by atoms with van der Waals surface area (Å²) in [6.45, 7) is 4.68. The van der Waals surface area contributed by atoms with Crippen molar-refractivity contribution in [1.82, 2.24) is 5.32 Å². The van der Waals surface area contributed by atoms with Crippen LogP contribution in [-0.2, 0) is 4.79 Å². The van der Waals surface area contributed by atoms with Gasteiger partial charge in [0.05, 0.1) is 0 Å². The maximum atomic E-state index is 12.8. The number of carbonyl (C=O) groups excluding carboxylic acids is 1. The minimum absolute atomic E-state index is 0.108. The van der Waals surface area contributed by atoms with Crippen LogP contribution in [0.1, 0.15) is 39.5 Å². The number of halogens is 1. The van der Waals surface area contributed by atoms with Gasteiger partial charge in [0.15, 0.2) is 6.10 Å². The summed E-state index contributed by atoms with van der Waals surface area (Å²) in [6.07, 6.45) is 3.27. The maximum absolute atomic E-state index is 12.8. The Morgan fingerprint density at radius 2 is 1.95 bits per heavy atom. The molecular formula is C15H22FNO2. The fourth-order valence-electron chi connectivity index (χ4n) is 1.70. The predicted molar refractivity (Wildman–Crippen MR) is 73.6 cm³/mol. The second-order valence-electron chi connectivity index (χ2n) is 4.47. The maximum Gasteiger partial charge on any atom is 0.261 e. The van der Waals surface area contributed by atoms with Crippen LogP contribution in [0.25, 0.3) is 0 Å². The van der Waals surface area contributed by atoms with E-state index in [2.05, 4.69) is 12.2 Å². The normalized spacial score (nSPS) is 11.9. The second kappa shape index (κ2) is 8.51. The Morgan fingerprint density at radius 1 is 1.26 bits per heavy atom. The zero-order valence-corrected chi connectivity index (χ0v) is 11.6. The number of amides is 1. The van der Waals surface area contributed by atoms with Crippen LogP contribution in [0.15, 0.2) is 24.3 Å². The average Bonchev–Trinajstić information content (AvgIpc) is 2.42. The Morgan fingerprint density at radius 3 is 2.53 bits per heavy atom. The van der Waals surface area contributed by atoms with Gasteiger partial charge in [0.1, 0.15) is 11.6 Å². The average molecular weight is 267 g/mol. The summed E-state index contributed by atoms with van der Waals surface area (Å²) in [7, 11) is 0. The van der Waals surface area contributed by atoms with Gasteiger partial charge in [-0.1, -0.05) is 26.7 Å². The Balaban J connectivity index is 2.43. The molecule has 1 aromatic carbocycles. The molecule has 1 N–H and O–H groups in total. The van der Waals surface area contributed by atoms with Crippen molar-refractivity contribution in [3.05, 3.63) is 30.1 Å². The molecule has 0 saturated carbocycles. The molecular weight excluding hydrogens is 245 g/mol. The molecule has 0 saturated heterocycles. The first-order chi connectivity index (χ1) is 9.17. The molecule has 0 heterocycles. The molecule has 0 aliphatic carbocycles. The van der Waals surface area contributed by atoms with Gasteiger partial charge in [0.25, 0.3) is 5.91 Å². The van der Waals surface area contributed by atoms with Crippen molar-refractivity contribution in [3.63, 3.8) is 0 Å². The third kappa shape index (κ3) is 5.73. The van der Waals surface area contributed by atoms with Crippen molar-refractivity contribution < 1.29 is 13.9 Å². The van der Waals surface area contributed by atoms with E-state index < -0.39 is 6.10 Å². The fraction of sp³-hybridized carbons (Fsp3) is 0.533. The summed E-state index contributed by atoms with van der Waals surface area (Å²) in [5.41, 5.74) is 0. The molecule has 1 rings (SSSR count). The van der Waals surface area contributed by atoms with E-state index in [9.17, 15) is 9.18 Å². The zero-order chi connectivity index (χ0) is 14.1. The number of ether oxygens (including phenoxy) is 1. The molecule has 1 atom stereocenters. The molecule has 0 unspecified atom stereocenters. The molecule has 0 bridgehead atoms. The predicted octanol–water partition coefficient (Wildman–Crippen LogP) is 3.29. The Kier molecular flexibility index (Phi) is 6.93. The summed E-state index contributed by atoms with van der Waals surface area (Å²) in [5, 5.41) is 2.86. The molecule has 1 aromatic rings. The van der Waals surface area contributed by atoms with Gasteiger partial charge in [-0.15, -0.1) is 0 Å². The van der Waals surface area contributed by atoms with Crippen LogP contribution in [0.2, 0.25) is 0 Å². The third-order valence-electron chi connectivity index (χ3n) is 2.83. The van der Waals surface area contributed by atoms with Gasteiger partial charge in [-0.05, 0) is 37.1 Å². The molecule has 0 aliphatic heterocycles. The van der Waals surface area contributed by atoms with E-state index in [1.165, 1.54) is 24.3 Å². The molecule has 4 heteroatoms. The van der Waals surface area contributed by atoms with Gasteiger partial charge in [-0.2, -0.15) is 0 Å². The summed E-state index contributed by atoms with van der Waals surface area (Å²) in [5.74, 6) is 0.0873. The Labute approximate surface area is 114 Å². The molecule has 0 aromatic heterocycles. The highest BCUT2D eigenvalue weighted by molar-refractivity contribution is 5.81.